The molecule has 0 aromatic rings. The zero-order chi connectivity index (χ0) is 11.2. The summed E-state index contributed by atoms with van der Waals surface area (Å²) in [6, 6.07) is 0.558. The number of morpholine rings is 1. The van der Waals surface area contributed by atoms with Crippen molar-refractivity contribution >= 4 is 0 Å². The molecule has 1 N–H and O–H groups in total. The molecule has 2 unspecified atom stereocenters. The lowest BCUT2D eigenvalue weighted by molar-refractivity contribution is 0.0285. The van der Waals surface area contributed by atoms with Crippen LogP contribution in [0.25, 0.3) is 0 Å². The van der Waals surface area contributed by atoms with Crippen molar-refractivity contribution in [1.29, 1.82) is 0 Å². The van der Waals surface area contributed by atoms with Gasteiger partial charge in [-0.05, 0) is 13.0 Å². The number of hydrogen-bond donors (Lipinski definition) is 1. The van der Waals surface area contributed by atoms with Gasteiger partial charge in [-0.2, -0.15) is 0 Å². The average Bonchev–Trinajstić information content (AvgIpc) is 2.75. The molecule has 4 nitrogen and oxygen atoms in total. The Morgan fingerprint density at radius 2 is 2.00 bits per heavy atom. The van der Waals surface area contributed by atoms with E-state index < -0.39 is 0 Å². The Labute approximate surface area is 98.3 Å². The fourth-order valence-corrected chi connectivity index (χ4v) is 2.45. The lowest BCUT2D eigenvalue weighted by atomic mass is 10.0. The second-order valence-electron chi connectivity index (χ2n) is 4.77. The summed E-state index contributed by atoms with van der Waals surface area (Å²) in [6.45, 7) is 10.2. The van der Waals surface area contributed by atoms with Crippen LogP contribution in [0.1, 0.15) is 13.3 Å². The molecule has 0 aromatic heterocycles. The van der Waals surface area contributed by atoms with Crippen molar-refractivity contribution < 1.29 is 9.47 Å². The third kappa shape index (κ3) is 3.42. The van der Waals surface area contributed by atoms with Crippen LogP contribution in [-0.2, 0) is 9.47 Å². The first kappa shape index (κ1) is 12.3. The van der Waals surface area contributed by atoms with Crippen LogP contribution >= 0.6 is 0 Å². The summed E-state index contributed by atoms with van der Waals surface area (Å²) in [7, 11) is 0. The lowest BCUT2D eigenvalue weighted by Gasteiger charge is -2.30. The van der Waals surface area contributed by atoms with Crippen molar-refractivity contribution in [2.45, 2.75) is 19.4 Å². The Morgan fingerprint density at radius 1 is 1.19 bits per heavy atom. The maximum Gasteiger partial charge on any atom is 0.0623 e. The quantitative estimate of drug-likeness (QED) is 0.735. The summed E-state index contributed by atoms with van der Waals surface area (Å²) in [5, 5.41) is 3.59. The Hall–Kier alpha value is -0.160. The standard InChI is InChI=1S/C12H24N2O2/c1-2-3-13-12-10-16-9-11(12)8-14-4-6-15-7-5-14/h11-13H,2-10H2,1H3. The topological polar surface area (TPSA) is 33.7 Å². The molecule has 2 aliphatic heterocycles. The third-order valence-corrected chi connectivity index (χ3v) is 3.45. The van der Waals surface area contributed by atoms with Gasteiger partial charge in [-0.3, -0.25) is 4.90 Å². The first-order chi connectivity index (χ1) is 7.90. The van der Waals surface area contributed by atoms with Gasteiger partial charge in [0.2, 0.25) is 0 Å². The molecular formula is C12H24N2O2. The van der Waals surface area contributed by atoms with Gasteiger partial charge in [-0.1, -0.05) is 6.92 Å². The SMILES string of the molecule is CCCNC1COCC1CN1CCOCC1. The maximum atomic E-state index is 5.59. The number of ether oxygens (including phenoxy) is 2. The Kier molecular flexibility index (Phi) is 5.03. The fraction of sp³-hybridized carbons (Fsp3) is 1.00. The Morgan fingerprint density at radius 3 is 2.75 bits per heavy atom. The molecule has 2 saturated heterocycles. The molecule has 2 aliphatic rings. The van der Waals surface area contributed by atoms with Crippen LogP contribution in [0.4, 0.5) is 0 Å². The molecule has 0 spiro atoms. The Bertz CT molecular complexity index is 195. The van der Waals surface area contributed by atoms with E-state index in [1.165, 1.54) is 6.42 Å². The molecule has 94 valence electrons. The molecule has 0 bridgehead atoms. The van der Waals surface area contributed by atoms with Gasteiger partial charge in [0.25, 0.3) is 0 Å². The van der Waals surface area contributed by atoms with Crippen molar-refractivity contribution in [2.75, 3.05) is 52.6 Å². The van der Waals surface area contributed by atoms with Gasteiger partial charge in [0.1, 0.15) is 0 Å². The van der Waals surface area contributed by atoms with Crippen LogP contribution in [0.2, 0.25) is 0 Å². The predicted molar refractivity (Wildman–Crippen MR) is 63.6 cm³/mol. The minimum absolute atomic E-state index is 0.558. The molecule has 2 heterocycles. The van der Waals surface area contributed by atoms with Gasteiger partial charge in [-0.25, -0.2) is 0 Å². The molecular weight excluding hydrogens is 204 g/mol. The average molecular weight is 228 g/mol. The molecule has 0 amide bonds. The summed E-state index contributed by atoms with van der Waals surface area (Å²) < 4.78 is 11.0. The van der Waals surface area contributed by atoms with Crippen LogP contribution < -0.4 is 5.32 Å². The molecule has 0 saturated carbocycles. The van der Waals surface area contributed by atoms with E-state index in [9.17, 15) is 0 Å². The highest BCUT2D eigenvalue weighted by atomic mass is 16.5. The van der Waals surface area contributed by atoms with Crippen LogP contribution in [0, 0.1) is 5.92 Å². The zero-order valence-corrected chi connectivity index (χ0v) is 10.3. The highest BCUT2D eigenvalue weighted by Gasteiger charge is 2.29. The minimum Gasteiger partial charge on any atom is -0.379 e. The fourth-order valence-electron chi connectivity index (χ4n) is 2.45. The molecule has 16 heavy (non-hydrogen) atoms. The number of rotatable bonds is 5. The van der Waals surface area contributed by atoms with Crippen molar-refractivity contribution in [2.24, 2.45) is 5.92 Å². The summed E-state index contributed by atoms with van der Waals surface area (Å²) in [6.07, 6.45) is 1.20. The van der Waals surface area contributed by atoms with Crippen molar-refractivity contribution in [3.05, 3.63) is 0 Å². The van der Waals surface area contributed by atoms with E-state index in [1.807, 2.05) is 0 Å². The molecule has 2 rings (SSSR count). The highest BCUT2D eigenvalue weighted by Crippen LogP contribution is 2.16. The molecule has 4 heteroatoms. The summed E-state index contributed by atoms with van der Waals surface area (Å²) >= 11 is 0. The number of hydrogen-bond acceptors (Lipinski definition) is 4. The Balaban J connectivity index is 1.73. The first-order valence-corrected chi connectivity index (χ1v) is 6.51. The second-order valence-corrected chi connectivity index (χ2v) is 4.77. The first-order valence-electron chi connectivity index (χ1n) is 6.51. The van der Waals surface area contributed by atoms with Crippen LogP contribution in [-0.4, -0.2) is 63.5 Å². The van der Waals surface area contributed by atoms with Gasteiger partial charge in [0.05, 0.1) is 26.4 Å². The molecule has 2 atom stereocenters. The van der Waals surface area contributed by atoms with Crippen LogP contribution in [0.15, 0.2) is 0 Å². The molecule has 0 aliphatic carbocycles. The highest BCUT2D eigenvalue weighted by molar-refractivity contribution is 4.84. The number of nitrogens with zero attached hydrogens (tertiary/aromatic N) is 1. The number of nitrogens with one attached hydrogen (secondary N) is 1. The molecule has 0 radical (unpaired) electrons. The van der Waals surface area contributed by atoms with Gasteiger partial charge >= 0.3 is 0 Å². The third-order valence-electron chi connectivity index (χ3n) is 3.45. The van der Waals surface area contributed by atoms with Gasteiger partial charge < -0.3 is 14.8 Å². The minimum atomic E-state index is 0.558. The van der Waals surface area contributed by atoms with E-state index in [0.717, 1.165) is 52.6 Å². The van der Waals surface area contributed by atoms with Gasteiger partial charge in [-0.15, -0.1) is 0 Å². The normalized spacial score (nSPS) is 32.1. The smallest absolute Gasteiger partial charge is 0.0623 e. The van der Waals surface area contributed by atoms with Crippen molar-refractivity contribution in [3.63, 3.8) is 0 Å². The predicted octanol–water partition coefficient (Wildman–Crippen LogP) is 0.333. The maximum absolute atomic E-state index is 5.59. The van der Waals surface area contributed by atoms with Crippen molar-refractivity contribution in [1.82, 2.24) is 10.2 Å². The van der Waals surface area contributed by atoms with E-state index in [0.29, 0.717) is 12.0 Å². The van der Waals surface area contributed by atoms with E-state index >= 15 is 0 Å². The zero-order valence-electron chi connectivity index (χ0n) is 10.3. The summed E-state index contributed by atoms with van der Waals surface area (Å²) in [4.78, 5) is 2.50. The largest absolute Gasteiger partial charge is 0.379 e. The van der Waals surface area contributed by atoms with E-state index in [2.05, 4.69) is 17.1 Å². The van der Waals surface area contributed by atoms with E-state index in [4.69, 9.17) is 9.47 Å². The molecule has 0 aromatic carbocycles. The van der Waals surface area contributed by atoms with Crippen LogP contribution in [0.5, 0.6) is 0 Å². The van der Waals surface area contributed by atoms with Gasteiger partial charge in [0.15, 0.2) is 0 Å². The van der Waals surface area contributed by atoms with E-state index in [-0.39, 0.29) is 0 Å². The van der Waals surface area contributed by atoms with Crippen molar-refractivity contribution in [3.8, 4) is 0 Å². The van der Waals surface area contributed by atoms with Gasteiger partial charge in [0, 0.05) is 31.6 Å². The monoisotopic (exact) mass is 228 g/mol. The molecule has 2 fully saturated rings. The summed E-state index contributed by atoms with van der Waals surface area (Å²) in [5.41, 5.74) is 0. The summed E-state index contributed by atoms with van der Waals surface area (Å²) in [5.74, 6) is 0.657. The van der Waals surface area contributed by atoms with E-state index in [1.54, 1.807) is 0 Å². The lowest BCUT2D eigenvalue weighted by Crippen LogP contribution is -2.45. The van der Waals surface area contributed by atoms with Crippen LogP contribution in [0.3, 0.4) is 0 Å². The second kappa shape index (κ2) is 6.55.